The van der Waals surface area contributed by atoms with Gasteiger partial charge in [0.25, 0.3) is 0 Å². The van der Waals surface area contributed by atoms with Crippen molar-refractivity contribution in [1.29, 1.82) is 0 Å². The molecule has 3 aromatic rings. The van der Waals surface area contributed by atoms with Crippen LogP contribution < -0.4 is 9.47 Å². The molecule has 3 aromatic carbocycles. The summed E-state index contributed by atoms with van der Waals surface area (Å²) in [6.07, 6.45) is 2.89. The van der Waals surface area contributed by atoms with Crippen LogP contribution in [0.2, 0.25) is 0 Å². The van der Waals surface area contributed by atoms with E-state index >= 15 is 0 Å². The van der Waals surface area contributed by atoms with E-state index in [2.05, 4.69) is 6.92 Å². The van der Waals surface area contributed by atoms with E-state index in [1.54, 1.807) is 12.1 Å². The number of esters is 2. The molecule has 5 nitrogen and oxygen atoms in total. The molecular weight excluding hydrogens is 569 g/mol. The van der Waals surface area contributed by atoms with Gasteiger partial charge in [-0.05, 0) is 78.9 Å². The number of alkyl halides is 3. The van der Waals surface area contributed by atoms with E-state index in [0.717, 1.165) is 36.1 Å². The predicted molar refractivity (Wildman–Crippen MR) is 166 cm³/mol. The lowest BCUT2D eigenvalue weighted by atomic mass is 10.0. The first kappa shape index (κ1) is 34.7. The Bertz CT molecular complexity index is 1270. The van der Waals surface area contributed by atoms with Crippen molar-refractivity contribution in [2.75, 3.05) is 6.61 Å². The van der Waals surface area contributed by atoms with Gasteiger partial charge in [-0.1, -0.05) is 89.5 Å². The minimum atomic E-state index is -4.64. The van der Waals surface area contributed by atoms with Gasteiger partial charge in [-0.2, -0.15) is 13.2 Å². The van der Waals surface area contributed by atoms with Crippen molar-refractivity contribution in [2.24, 2.45) is 0 Å². The number of carbonyl (C=O) groups excluding carboxylic acids is 2. The average molecular weight is 613 g/mol. The standard InChI is InChI=1S/C36H43F3O5/c1-3-5-7-9-10-12-26-42-31-22-18-28(19-23-31)27-14-16-29(17-15-27)34(40)43-32-24-20-30(21-25-32)35(41)44-33(36(37,38)39)13-11-8-6-4-2/h14-25,33H,3-13,26H2,1-2H3/t33-/m1/s1. The lowest BCUT2D eigenvalue weighted by Gasteiger charge is -2.20. The van der Waals surface area contributed by atoms with Crippen molar-refractivity contribution < 1.29 is 37.0 Å². The Hall–Kier alpha value is -3.81. The number of benzene rings is 3. The number of halogens is 3. The first-order chi connectivity index (χ1) is 21.2. The zero-order valence-electron chi connectivity index (χ0n) is 25.7. The Morgan fingerprint density at radius 3 is 1.68 bits per heavy atom. The molecule has 3 rings (SSSR count). The van der Waals surface area contributed by atoms with E-state index in [1.165, 1.54) is 56.4 Å². The molecule has 0 aliphatic carbocycles. The van der Waals surface area contributed by atoms with Crippen molar-refractivity contribution >= 4 is 11.9 Å². The molecule has 0 saturated heterocycles. The quantitative estimate of drug-likeness (QED) is 0.0813. The highest BCUT2D eigenvalue weighted by atomic mass is 19.4. The molecule has 8 heteroatoms. The first-order valence-corrected chi connectivity index (χ1v) is 15.6. The smallest absolute Gasteiger partial charge is 0.425 e. The van der Waals surface area contributed by atoms with Crippen LogP contribution in [-0.4, -0.2) is 30.8 Å². The summed E-state index contributed by atoms with van der Waals surface area (Å²) in [4.78, 5) is 25.0. The molecule has 238 valence electrons. The lowest BCUT2D eigenvalue weighted by molar-refractivity contribution is -0.206. The third-order valence-corrected chi connectivity index (χ3v) is 7.31. The van der Waals surface area contributed by atoms with Crippen LogP contribution in [0.3, 0.4) is 0 Å². The summed E-state index contributed by atoms with van der Waals surface area (Å²) in [6, 6.07) is 20.0. The highest BCUT2D eigenvalue weighted by Gasteiger charge is 2.42. The van der Waals surface area contributed by atoms with Crippen molar-refractivity contribution in [1.82, 2.24) is 0 Å². The Kier molecular flexibility index (Phi) is 14.3. The molecule has 0 N–H and O–H groups in total. The second kappa shape index (κ2) is 18.1. The van der Waals surface area contributed by atoms with Crippen LogP contribution in [0.25, 0.3) is 11.1 Å². The lowest BCUT2D eigenvalue weighted by Crippen LogP contribution is -2.33. The Morgan fingerprint density at radius 2 is 1.09 bits per heavy atom. The van der Waals surface area contributed by atoms with E-state index in [9.17, 15) is 22.8 Å². The number of carbonyl (C=O) groups is 2. The average Bonchev–Trinajstić information content (AvgIpc) is 3.02. The highest BCUT2D eigenvalue weighted by Crippen LogP contribution is 2.29. The van der Waals surface area contributed by atoms with Crippen LogP contribution in [0, 0.1) is 0 Å². The molecule has 0 amide bonds. The Balaban J connectivity index is 1.49. The fourth-order valence-electron chi connectivity index (χ4n) is 4.68. The largest absolute Gasteiger partial charge is 0.494 e. The van der Waals surface area contributed by atoms with Gasteiger partial charge in [-0.25, -0.2) is 9.59 Å². The zero-order valence-corrected chi connectivity index (χ0v) is 25.7. The summed E-state index contributed by atoms with van der Waals surface area (Å²) in [5.41, 5.74) is 2.17. The fourth-order valence-corrected chi connectivity index (χ4v) is 4.68. The highest BCUT2D eigenvalue weighted by molar-refractivity contribution is 5.92. The summed E-state index contributed by atoms with van der Waals surface area (Å²) >= 11 is 0. The maximum absolute atomic E-state index is 13.4. The minimum absolute atomic E-state index is 0.0595. The van der Waals surface area contributed by atoms with Gasteiger partial charge in [-0.3, -0.25) is 0 Å². The number of hydrogen-bond donors (Lipinski definition) is 0. The van der Waals surface area contributed by atoms with Gasteiger partial charge in [0.2, 0.25) is 0 Å². The van der Waals surface area contributed by atoms with Gasteiger partial charge >= 0.3 is 18.1 Å². The fraction of sp³-hybridized carbons (Fsp3) is 0.444. The van der Waals surface area contributed by atoms with Crippen LogP contribution in [-0.2, 0) is 4.74 Å². The maximum atomic E-state index is 13.4. The molecule has 0 spiro atoms. The van der Waals surface area contributed by atoms with Gasteiger partial charge in [0.15, 0.2) is 6.10 Å². The monoisotopic (exact) mass is 612 g/mol. The van der Waals surface area contributed by atoms with Crippen LogP contribution in [0.5, 0.6) is 11.5 Å². The molecule has 0 radical (unpaired) electrons. The van der Waals surface area contributed by atoms with E-state index in [1.807, 2.05) is 43.3 Å². The minimum Gasteiger partial charge on any atom is -0.494 e. The normalized spacial score (nSPS) is 12.0. The second-order valence-electron chi connectivity index (χ2n) is 10.9. The summed E-state index contributed by atoms with van der Waals surface area (Å²) < 4.78 is 56.1. The second-order valence-corrected chi connectivity index (χ2v) is 10.9. The van der Waals surface area contributed by atoms with Crippen molar-refractivity contribution in [3.63, 3.8) is 0 Å². The number of ether oxygens (including phenoxy) is 3. The van der Waals surface area contributed by atoms with Crippen LogP contribution in [0.15, 0.2) is 72.8 Å². The summed E-state index contributed by atoms with van der Waals surface area (Å²) in [7, 11) is 0. The van der Waals surface area contributed by atoms with E-state index < -0.39 is 24.2 Å². The number of rotatable bonds is 18. The summed E-state index contributed by atoms with van der Waals surface area (Å²) in [5, 5.41) is 0. The first-order valence-electron chi connectivity index (χ1n) is 15.6. The molecule has 0 fully saturated rings. The van der Waals surface area contributed by atoms with Gasteiger partial charge in [0, 0.05) is 0 Å². The van der Waals surface area contributed by atoms with Crippen LogP contribution in [0.1, 0.15) is 105 Å². The number of hydrogen-bond acceptors (Lipinski definition) is 5. The molecule has 0 saturated carbocycles. The van der Waals surface area contributed by atoms with E-state index in [0.29, 0.717) is 25.0 Å². The SMILES string of the molecule is CCCCCCCCOc1ccc(-c2ccc(C(=O)Oc3ccc(C(=O)O[C@H](CCCCCC)C(F)(F)F)cc3)cc2)cc1. The van der Waals surface area contributed by atoms with Crippen LogP contribution in [0.4, 0.5) is 13.2 Å². The maximum Gasteiger partial charge on any atom is 0.425 e. The van der Waals surface area contributed by atoms with Gasteiger partial charge in [0.05, 0.1) is 17.7 Å². The number of unbranched alkanes of at least 4 members (excludes halogenated alkanes) is 8. The van der Waals surface area contributed by atoms with Crippen LogP contribution >= 0.6 is 0 Å². The molecule has 44 heavy (non-hydrogen) atoms. The van der Waals surface area contributed by atoms with E-state index in [-0.39, 0.29) is 17.7 Å². The van der Waals surface area contributed by atoms with Crippen molar-refractivity contribution in [2.45, 2.75) is 96.8 Å². The molecule has 1 atom stereocenters. The molecule has 0 unspecified atom stereocenters. The molecule has 0 aliphatic rings. The summed E-state index contributed by atoms with van der Waals surface area (Å²) in [5.74, 6) is -0.702. The third kappa shape index (κ3) is 11.7. The third-order valence-electron chi connectivity index (χ3n) is 7.31. The van der Waals surface area contributed by atoms with Gasteiger partial charge in [0.1, 0.15) is 11.5 Å². The van der Waals surface area contributed by atoms with Crippen molar-refractivity contribution in [3.05, 3.63) is 83.9 Å². The molecule has 0 aliphatic heterocycles. The molecule has 0 aromatic heterocycles. The topological polar surface area (TPSA) is 61.8 Å². The van der Waals surface area contributed by atoms with Gasteiger partial charge < -0.3 is 14.2 Å². The molecular formula is C36H43F3O5. The molecule has 0 bridgehead atoms. The zero-order chi connectivity index (χ0) is 31.8. The Labute approximate surface area is 258 Å². The summed E-state index contributed by atoms with van der Waals surface area (Å²) in [6.45, 7) is 4.88. The Morgan fingerprint density at radius 1 is 0.614 bits per heavy atom. The van der Waals surface area contributed by atoms with Gasteiger partial charge in [-0.15, -0.1) is 0 Å². The van der Waals surface area contributed by atoms with Crippen molar-refractivity contribution in [3.8, 4) is 22.6 Å². The van der Waals surface area contributed by atoms with E-state index in [4.69, 9.17) is 14.2 Å². The molecule has 0 heterocycles. The predicted octanol–water partition coefficient (Wildman–Crippen LogP) is 10.4.